The molecule has 17 heavy (non-hydrogen) atoms. The van der Waals surface area contributed by atoms with Crippen molar-refractivity contribution in [1.82, 2.24) is 0 Å². The van der Waals surface area contributed by atoms with Crippen molar-refractivity contribution < 1.29 is 9.13 Å². The molecular formula is C13H15ClFNO. The normalized spacial score (nSPS) is 22.3. The van der Waals surface area contributed by atoms with Crippen molar-refractivity contribution in [3.05, 3.63) is 41.2 Å². The van der Waals surface area contributed by atoms with E-state index in [2.05, 4.69) is 6.58 Å². The van der Waals surface area contributed by atoms with Crippen LogP contribution >= 0.6 is 11.6 Å². The second-order valence-corrected chi connectivity index (χ2v) is 4.65. The SMILES string of the molecule is C=CCOc1cc(F)c(Cl)cc1[C@H]1CC1CN. The average molecular weight is 256 g/mol. The van der Waals surface area contributed by atoms with E-state index in [1.807, 2.05) is 0 Å². The molecule has 0 amide bonds. The summed E-state index contributed by atoms with van der Waals surface area (Å²) in [4.78, 5) is 0. The van der Waals surface area contributed by atoms with Crippen molar-refractivity contribution in [2.24, 2.45) is 11.7 Å². The van der Waals surface area contributed by atoms with Crippen LogP contribution in [0.4, 0.5) is 4.39 Å². The molecule has 2 rings (SSSR count). The Hall–Kier alpha value is -1.06. The Morgan fingerprint density at radius 2 is 2.35 bits per heavy atom. The molecule has 0 heterocycles. The Labute approximate surface area is 105 Å². The zero-order valence-electron chi connectivity index (χ0n) is 9.46. The van der Waals surface area contributed by atoms with E-state index in [1.54, 1.807) is 12.1 Å². The van der Waals surface area contributed by atoms with Crippen molar-refractivity contribution in [1.29, 1.82) is 0 Å². The topological polar surface area (TPSA) is 35.2 Å². The third-order valence-corrected chi connectivity index (χ3v) is 3.32. The van der Waals surface area contributed by atoms with Gasteiger partial charge in [0.25, 0.3) is 0 Å². The highest BCUT2D eigenvalue weighted by molar-refractivity contribution is 6.30. The highest BCUT2D eigenvalue weighted by atomic mass is 35.5. The summed E-state index contributed by atoms with van der Waals surface area (Å²) in [5, 5.41) is 0.133. The molecule has 2 nitrogen and oxygen atoms in total. The van der Waals surface area contributed by atoms with Crippen LogP contribution in [0.25, 0.3) is 0 Å². The summed E-state index contributed by atoms with van der Waals surface area (Å²) in [5.74, 6) is 0.896. The van der Waals surface area contributed by atoms with Crippen molar-refractivity contribution in [2.45, 2.75) is 12.3 Å². The predicted octanol–water partition coefficient (Wildman–Crippen LogP) is 3.11. The van der Waals surface area contributed by atoms with Gasteiger partial charge in [0, 0.05) is 6.07 Å². The quantitative estimate of drug-likeness (QED) is 0.821. The number of nitrogens with two attached hydrogens (primary N) is 1. The number of rotatable bonds is 5. The van der Waals surface area contributed by atoms with E-state index in [0.29, 0.717) is 30.7 Å². The maximum absolute atomic E-state index is 13.4. The van der Waals surface area contributed by atoms with Crippen LogP contribution in [0, 0.1) is 11.7 Å². The largest absolute Gasteiger partial charge is 0.489 e. The standard InChI is InChI=1S/C13H15ClFNO/c1-2-3-17-13-6-12(15)11(14)5-10(13)9-4-8(9)7-16/h2,5-6,8-9H,1,3-4,7,16H2/t8?,9-/m0/s1. The molecule has 1 aromatic carbocycles. The van der Waals surface area contributed by atoms with Crippen LogP contribution in [0.2, 0.25) is 5.02 Å². The van der Waals surface area contributed by atoms with Gasteiger partial charge in [-0.3, -0.25) is 0 Å². The van der Waals surface area contributed by atoms with E-state index in [4.69, 9.17) is 22.1 Å². The van der Waals surface area contributed by atoms with Crippen LogP contribution in [0.3, 0.4) is 0 Å². The van der Waals surface area contributed by atoms with Gasteiger partial charge in [0.1, 0.15) is 18.2 Å². The molecule has 0 aliphatic heterocycles. The second-order valence-electron chi connectivity index (χ2n) is 4.24. The summed E-state index contributed by atoms with van der Waals surface area (Å²) in [6.07, 6.45) is 2.65. The molecule has 1 fully saturated rings. The minimum Gasteiger partial charge on any atom is -0.489 e. The van der Waals surface area contributed by atoms with E-state index in [9.17, 15) is 4.39 Å². The molecule has 0 aromatic heterocycles. The summed E-state index contributed by atoms with van der Waals surface area (Å²) in [7, 11) is 0. The molecule has 0 bridgehead atoms. The first-order valence-electron chi connectivity index (χ1n) is 5.60. The van der Waals surface area contributed by atoms with E-state index >= 15 is 0 Å². The Morgan fingerprint density at radius 1 is 1.59 bits per heavy atom. The smallest absolute Gasteiger partial charge is 0.145 e. The van der Waals surface area contributed by atoms with Gasteiger partial charge in [-0.05, 0) is 36.4 Å². The number of ether oxygens (including phenoxy) is 1. The molecule has 0 radical (unpaired) electrons. The van der Waals surface area contributed by atoms with Crippen molar-refractivity contribution in [3.8, 4) is 5.75 Å². The summed E-state index contributed by atoms with van der Waals surface area (Å²) < 4.78 is 18.8. The van der Waals surface area contributed by atoms with E-state index in [-0.39, 0.29) is 5.02 Å². The third-order valence-electron chi connectivity index (χ3n) is 3.03. The molecule has 1 aliphatic carbocycles. The minimum absolute atomic E-state index is 0.133. The van der Waals surface area contributed by atoms with Gasteiger partial charge in [-0.25, -0.2) is 4.39 Å². The maximum Gasteiger partial charge on any atom is 0.145 e. The molecule has 92 valence electrons. The van der Waals surface area contributed by atoms with Crippen LogP contribution in [-0.2, 0) is 0 Å². The molecule has 1 saturated carbocycles. The lowest BCUT2D eigenvalue weighted by Crippen LogP contribution is -2.03. The summed E-state index contributed by atoms with van der Waals surface area (Å²) in [5.41, 5.74) is 6.57. The van der Waals surface area contributed by atoms with Gasteiger partial charge >= 0.3 is 0 Å². The second kappa shape index (κ2) is 5.07. The van der Waals surface area contributed by atoms with Gasteiger partial charge in [-0.2, -0.15) is 0 Å². The zero-order valence-corrected chi connectivity index (χ0v) is 10.2. The lowest BCUT2D eigenvalue weighted by Gasteiger charge is -2.11. The van der Waals surface area contributed by atoms with Gasteiger partial charge in [-0.15, -0.1) is 0 Å². The number of benzene rings is 1. The molecule has 1 aromatic rings. The maximum atomic E-state index is 13.4. The lowest BCUT2D eigenvalue weighted by molar-refractivity contribution is 0.356. The minimum atomic E-state index is -0.459. The molecule has 2 atom stereocenters. The van der Waals surface area contributed by atoms with Crippen molar-refractivity contribution in [3.63, 3.8) is 0 Å². The van der Waals surface area contributed by atoms with Crippen LogP contribution in [0.5, 0.6) is 5.75 Å². The fraction of sp³-hybridized carbons (Fsp3) is 0.385. The first-order chi connectivity index (χ1) is 8.17. The summed E-state index contributed by atoms with van der Waals surface area (Å²) >= 11 is 5.80. The Bertz CT molecular complexity index is 436. The van der Waals surface area contributed by atoms with Gasteiger partial charge in [0.15, 0.2) is 0 Å². The predicted molar refractivity (Wildman–Crippen MR) is 67.0 cm³/mol. The number of hydrogen-bond acceptors (Lipinski definition) is 2. The first-order valence-corrected chi connectivity index (χ1v) is 5.97. The highest BCUT2D eigenvalue weighted by Gasteiger charge is 2.39. The van der Waals surface area contributed by atoms with Crippen LogP contribution in [0.1, 0.15) is 17.9 Å². The molecule has 1 aliphatic rings. The molecule has 0 spiro atoms. The zero-order chi connectivity index (χ0) is 12.4. The van der Waals surface area contributed by atoms with E-state index < -0.39 is 5.82 Å². The third kappa shape index (κ3) is 2.61. The number of hydrogen-bond donors (Lipinski definition) is 1. The molecular weight excluding hydrogens is 241 g/mol. The van der Waals surface area contributed by atoms with Gasteiger partial charge < -0.3 is 10.5 Å². The van der Waals surface area contributed by atoms with Crippen LogP contribution < -0.4 is 10.5 Å². The molecule has 2 N–H and O–H groups in total. The number of halogens is 2. The first kappa shape index (κ1) is 12.4. The highest BCUT2D eigenvalue weighted by Crippen LogP contribution is 2.50. The van der Waals surface area contributed by atoms with E-state index in [1.165, 1.54) is 6.07 Å². The van der Waals surface area contributed by atoms with Crippen molar-refractivity contribution in [2.75, 3.05) is 13.2 Å². The van der Waals surface area contributed by atoms with Gasteiger partial charge in [0.05, 0.1) is 5.02 Å². The summed E-state index contributed by atoms with van der Waals surface area (Å²) in [6, 6.07) is 2.99. The monoisotopic (exact) mass is 255 g/mol. The van der Waals surface area contributed by atoms with Crippen LogP contribution in [-0.4, -0.2) is 13.2 Å². The van der Waals surface area contributed by atoms with Crippen LogP contribution in [0.15, 0.2) is 24.8 Å². The molecule has 1 unspecified atom stereocenters. The lowest BCUT2D eigenvalue weighted by atomic mass is 10.1. The van der Waals surface area contributed by atoms with Crippen molar-refractivity contribution >= 4 is 11.6 Å². The Balaban J connectivity index is 2.28. The fourth-order valence-electron chi connectivity index (χ4n) is 2.00. The van der Waals surface area contributed by atoms with E-state index in [0.717, 1.165) is 12.0 Å². The fourth-order valence-corrected chi connectivity index (χ4v) is 2.17. The van der Waals surface area contributed by atoms with Gasteiger partial charge in [0.2, 0.25) is 0 Å². The Kier molecular flexibility index (Phi) is 3.69. The Morgan fingerprint density at radius 3 is 2.94 bits per heavy atom. The molecule has 4 heteroatoms. The molecule has 0 saturated heterocycles. The summed E-state index contributed by atoms with van der Waals surface area (Å²) in [6.45, 7) is 4.57. The van der Waals surface area contributed by atoms with Gasteiger partial charge in [-0.1, -0.05) is 24.3 Å². The average Bonchev–Trinajstić information content (AvgIpc) is 3.09.